The molecule has 0 radical (unpaired) electrons. The molecule has 2 aromatic heterocycles. The highest BCUT2D eigenvalue weighted by atomic mass is 16.5. The molecule has 31 heavy (non-hydrogen) atoms. The Labute approximate surface area is 182 Å². The quantitative estimate of drug-likeness (QED) is 0.609. The Bertz CT molecular complexity index is 1020. The fraction of sp³-hybridized carbons (Fsp3) is 0.440. The molecule has 2 aliphatic rings. The number of carbonyl (C=O) groups is 1. The summed E-state index contributed by atoms with van der Waals surface area (Å²) in [6, 6.07) is 13.9. The highest BCUT2D eigenvalue weighted by Crippen LogP contribution is 2.42. The zero-order valence-electron chi connectivity index (χ0n) is 17.8. The van der Waals surface area contributed by atoms with E-state index in [0.717, 1.165) is 67.5 Å². The normalized spacial score (nSPS) is 20.5. The van der Waals surface area contributed by atoms with Gasteiger partial charge in [-0.15, -0.1) is 0 Å². The van der Waals surface area contributed by atoms with Crippen LogP contribution in [0.25, 0.3) is 10.9 Å². The van der Waals surface area contributed by atoms with Crippen molar-refractivity contribution in [1.82, 2.24) is 14.9 Å². The Kier molecular flexibility index (Phi) is 5.74. The number of para-hydroxylation sites is 1. The summed E-state index contributed by atoms with van der Waals surface area (Å²) in [5.41, 5.74) is 2.62. The van der Waals surface area contributed by atoms with Crippen molar-refractivity contribution in [2.75, 3.05) is 26.3 Å². The molecule has 2 saturated heterocycles. The van der Waals surface area contributed by atoms with E-state index in [0.29, 0.717) is 19.1 Å². The maximum absolute atomic E-state index is 13.1. The van der Waals surface area contributed by atoms with E-state index in [1.165, 1.54) is 0 Å². The van der Waals surface area contributed by atoms with Crippen molar-refractivity contribution in [3.05, 3.63) is 66.1 Å². The van der Waals surface area contributed by atoms with Crippen LogP contribution in [0.15, 0.2) is 54.9 Å². The number of amides is 1. The average Bonchev–Trinajstić information content (AvgIpc) is 3.42. The Morgan fingerprint density at radius 1 is 1.19 bits per heavy atom. The second-order valence-electron chi connectivity index (χ2n) is 8.60. The zero-order valence-corrected chi connectivity index (χ0v) is 17.8. The van der Waals surface area contributed by atoms with Gasteiger partial charge in [-0.1, -0.05) is 24.3 Å². The van der Waals surface area contributed by atoms with Crippen molar-refractivity contribution < 1.29 is 14.3 Å². The number of hydrogen-bond donors (Lipinski definition) is 1. The molecule has 2 fully saturated rings. The second-order valence-corrected chi connectivity index (χ2v) is 8.60. The molecule has 2 aliphatic heterocycles. The number of hydrogen-bond acceptors (Lipinski definition) is 4. The number of likely N-dealkylation sites (tertiary alicyclic amines) is 1. The van der Waals surface area contributed by atoms with Crippen LogP contribution >= 0.6 is 0 Å². The SMILES string of the molecule is O=C(c1c[nH]c2ccccc12)N1CCC2(CC1)OCCC2CCOCc1ccccn1. The van der Waals surface area contributed by atoms with E-state index in [2.05, 4.69) is 9.97 Å². The summed E-state index contributed by atoms with van der Waals surface area (Å²) < 4.78 is 12.2. The largest absolute Gasteiger partial charge is 0.375 e. The molecule has 5 rings (SSSR count). The van der Waals surface area contributed by atoms with Gasteiger partial charge in [-0.3, -0.25) is 9.78 Å². The third kappa shape index (κ3) is 4.10. The van der Waals surface area contributed by atoms with Gasteiger partial charge in [0.25, 0.3) is 5.91 Å². The summed E-state index contributed by atoms with van der Waals surface area (Å²) in [6.07, 6.45) is 7.49. The van der Waals surface area contributed by atoms with Crippen LogP contribution in [0.1, 0.15) is 41.7 Å². The maximum atomic E-state index is 13.1. The molecule has 1 aromatic carbocycles. The van der Waals surface area contributed by atoms with Gasteiger partial charge < -0.3 is 19.4 Å². The molecular weight excluding hydrogens is 390 g/mol. The first kappa shape index (κ1) is 20.2. The van der Waals surface area contributed by atoms with E-state index in [9.17, 15) is 4.79 Å². The molecule has 162 valence electrons. The number of ether oxygens (including phenoxy) is 2. The van der Waals surface area contributed by atoms with Crippen molar-refractivity contribution in [2.45, 2.75) is 37.9 Å². The van der Waals surface area contributed by atoms with Crippen LogP contribution in [0.3, 0.4) is 0 Å². The van der Waals surface area contributed by atoms with Crippen molar-refractivity contribution in [1.29, 1.82) is 0 Å². The summed E-state index contributed by atoms with van der Waals surface area (Å²) in [6.45, 7) is 3.55. The van der Waals surface area contributed by atoms with Crippen LogP contribution in [-0.2, 0) is 16.1 Å². The lowest BCUT2D eigenvalue weighted by Crippen LogP contribution is -2.49. The summed E-state index contributed by atoms with van der Waals surface area (Å²) in [5, 5.41) is 0.993. The standard InChI is InChI=1S/C25H29N3O3/c29-24(22-17-27-23-7-2-1-6-21(22)23)28-13-10-25(11-14-28)19(9-16-31-25)8-15-30-18-20-5-3-4-12-26-20/h1-7,12,17,19,27H,8-11,13-16,18H2. The lowest BCUT2D eigenvalue weighted by atomic mass is 9.78. The minimum absolute atomic E-state index is 0.106. The molecular formula is C25H29N3O3. The summed E-state index contributed by atoms with van der Waals surface area (Å²) in [7, 11) is 0. The number of nitrogens with one attached hydrogen (secondary N) is 1. The molecule has 0 aliphatic carbocycles. The van der Waals surface area contributed by atoms with Crippen LogP contribution in [0.2, 0.25) is 0 Å². The first-order valence-electron chi connectivity index (χ1n) is 11.2. The molecule has 6 nitrogen and oxygen atoms in total. The fourth-order valence-corrected chi connectivity index (χ4v) is 5.14. The predicted octanol–water partition coefficient (Wildman–Crippen LogP) is 4.18. The molecule has 1 atom stereocenters. The number of aromatic amines is 1. The molecule has 4 heterocycles. The van der Waals surface area contributed by atoms with Crippen molar-refractivity contribution in [2.24, 2.45) is 5.92 Å². The van der Waals surface area contributed by atoms with Gasteiger partial charge in [0.1, 0.15) is 0 Å². The predicted molar refractivity (Wildman–Crippen MR) is 119 cm³/mol. The number of pyridine rings is 1. The number of aromatic nitrogens is 2. The molecule has 0 saturated carbocycles. The Morgan fingerprint density at radius 2 is 2.03 bits per heavy atom. The van der Waals surface area contributed by atoms with Crippen LogP contribution in [0, 0.1) is 5.92 Å². The minimum atomic E-state index is -0.106. The lowest BCUT2D eigenvalue weighted by molar-refractivity contribution is -0.0675. The Morgan fingerprint density at radius 3 is 2.87 bits per heavy atom. The molecule has 1 amide bonds. The zero-order chi connectivity index (χ0) is 21.1. The van der Waals surface area contributed by atoms with E-state index in [1.807, 2.05) is 53.6 Å². The monoisotopic (exact) mass is 419 g/mol. The molecule has 3 aromatic rings. The van der Waals surface area contributed by atoms with Crippen molar-refractivity contribution in [3.8, 4) is 0 Å². The van der Waals surface area contributed by atoms with Gasteiger partial charge in [0.2, 0.25) is 0 Å². The van der Waals surface area contributed by atoms with E-state index in [-0.39, 0.29) is 11.5 Å². The summed E-state index contributed by atoms with van der Waals surface area (Å²) in [5.74, 6) is 0.599. The number of carbonyl (C=O) groups excluding carboxylic acids is 1. The van der Waals surface area contributed by atoms with Gasteiger partial charge in [-0.2, -0.15) is 0 Å². The van der Waals surface area contributed by atoms with Gasteiger partial charge in [-0.05, 0) is 49.8 Å². The second kappa shape index (κ2) is 8.81. The smallest absolute Gasteiger partial charge is 0.256 e. The molecule has 0 bridgehead atoms. The molecule has 1 spiro atoms. The summed E-state index contributed by atoms with van der Waals surface area (Å²) >= 11 is 0. The first-order valence-corrected chi connectivity index (χ1v) is 11.2. The van der Waals surface area contributed by atoms with Crippen molar-refractivity contribution in [3.63, 3.8) is 0 Å². The average molecular weight is 420 g/mol. The number of rotatable bonds is 6. The van der Waals surface area contributed by atoms with Crippen LogP contribution in [0.5, 0.6) is 0 Å². The fourth-order valence-electron chi connectivity index (χ4n) is 5.14. The Hall–Kier alpha value is -2.70. The van der Waals surface area contributed by atoms with Gasteiger partial charge >= 0.3 is 0 Å². The van der Waals surface area contributed by atoms with Gasteiger partial charge in [-0.25, -0.2) is 0 Å². The van der Waals surface area contributed by atoms with Crippen LogP contribution in [-0.4, -0.2) is 52.7 Å². The van der Waals surface area contributed by atoms with E-state index in [4.69, 9.17) is 9.47 Å². The summed E-state index contributed by atoms with van der Waals surface area (Å²) in [4.78, 5) is 22.6. The van der Waals surface area contributed by atoms with E-state index in [1.54, 1.807) is 6.20 Å². The first-order chi connectivity index (χ1) is 15.3. The third-order valence-electron chi connectivity index (χ3n) is 6.90. The van der Waals surface area contributed by atoms with Gasteiger partial charge in [0.05, 0.1) is 23.5 Å². The lowest BCUT2D eigenvalue weighted by Gasteiger charge is -2.42. The maximum Gasteiger partial charge on any atom is 0.256 e. The molecule has 1 N–H and O–H groups in total. The highest BCUT2D eigenvalue weighted by molar-refractivity contribution is 6.06. The number of benzene rings is 1. The van der Waals surface area contributed by atoms with Crippen LogP contribution < -0.4 is 0 Å². The number of nitrogens with zero attached hydrogens (tertiary/aromatic N) is 2. The number of piperidine rings is 1. The third-order valence-corrected chi connectivity index (χ3v) is 6.90. The van der Waals surface area contributed by atoms with E-state index >= 15 is 0 Å². The van der Waals surface area contributed by atoms with E-state index < -0.39 is 0 Å². The van der Waals surface area contributed by atoms with Crippen LogP contribution in [0.4, 0.5) is 0 Å². The Balaban J connectivity index is 1.16. The van der Waals surface area contributed by atoms with Gasteiger partial charge in [0, 0.05) is 49.6 Å². The minimum Gasteiger partial charge on any atom is -0.375 e. The highest BCUT2D eigenvalue weighted by Gasteiger charge is 2.46. The topological polar surface area (TPSA) is 67.5 Å². The number of H-pyrrole nitrogens is 1. The van der Waals surface area contributed by atoms with Crippen molar-refractivity contribution >= 4 is 16.8 Å². The van der Waals surface area contributed by atoms with Gasteiger partial charge in [0.15, 0.2) is 0 Å². The number of fused-ring (bicyclic) bond motifs is 1. The molecule has 1 unspecified atom stereocenters. The molecule has 6 heteroatoms.